The van der Waals surface area contributed by atoms with E-state index in [0.717, 1.165) is 36.9 Å². The summed E-state index contributed by atoms with van der Waals surface area (Å²) < 4.78 is 0. The summed E-state index contributed by atoms with van der Waals surface area (Å²) in [6.45, 7) is 6.47. The highest BCUT2D eigenvalue weighted by Crippen LogP contribution is 2.11. The first kappa shape index (κ1) is 14.8. The van der Waals surface area contributed by atoms with Crippen LogP contribution in [0.5, 0.6) is 0 Å². The van der Waals surface area contributed by atoms with Crippen molar-refractivity contribution >= 4 is 6.29 Å². The molecule has 1 aromatic heterocycles. The Morgan fingerprint density at radius 3 is 2.67 bits per heavy atom. The molecular formula is C15H24N2O. The third kappa shape index (κ3) is 4.94. The molecule has 0 aliphatic carbocycles. The molecular weight excluding hydrogens is 224 g/mol. The Balaban J connectivity index is 2.66. The van der Waals surface area contributed by atoms with Gasteiger partial charge in [0.05, 0.1) is 11.4 Å². The van der Waals surface area contributed by atoms with E-state index < -0.39 is 0 Å². The smallest absolute Gasteiger partial charge is 0.170 e. The summed E-state index contributed by atoms with van der Waals surface area (Å²) in [6, 6.07) is 0. The van der Waals surface area contributed by atoms with Crippen molar-refractivity contribution in [3.8, 4) is 0 Å². The van der Waals surface area contributed by atoms with Gasteiger partial charge in [0.1, 0.15) is 5.69 Å². The van der Waals surface area contributed by atoms with Crippen LogP contribution in [0.25, 0.3) is 0 Å². The molecule has 18 heavy (non-hydrogen) atoms. The summed E-state index contributed by atoms with van der Waals surface area (Å²) in [7, 11) is 0. The van der Waals surface area contributed by atoms with Gasteiger partial charge in [-0.15, -0.1) is 0 Å². The van der Waals surface area contributed by atoms with Crippen LogP contribution in [0.2, 0.25) is 0 Å². The van der Waals surface area contributed by atoms with Crippen molar-refractivity contribution in [2.24, 2.45) is 5.92 Å². The van der Waals surface area contributed by atoms with Crippen LogP contribution in [-0.4, -0.2) is 16.3 Å². The van der Waals surface area contributed by atoms with Gasteiger partial charge in [-0.3, -0.25) is 9.78 Å². The van der Waals surface area contributed by atoms with Crippen molar-refractivity contribution in [3.05, 3.63) is 23.3 Å². The first-order chi connectivity index (χ1) is 8.67. The van der Waals surface area contributed by atoms with E-state index in [0.29, 0.717) is 11.6 Å². The standard InChI is InChI=1S/C15H24N2O/c1-4-5-6-7-8-13-10-16-15(11-18)14(17-13)9-12(2)3/h10-12H,4-9H2,1-3H3. The van der Waals surface area contributed by atoms with E-state index in [2.05, 4.69) is 30.7 Å². The van der Waals surface area contributed by atoms with E-state index in [1.165, 1.54) is 19.3 Å². The molecule has 0 saturated heterocycles. The molecule has 0 saturated carbocycles. The fourth-order valence-corrected chi connectivity index (χ4v) is 1.97. The maximum atomic E-state index is 10.9. The van der Waals surface area contributed by atoms with Gasteiger partial charge in [-0.1, -0.05) is 40.0 Å². The minimum absolute atomic E-state index is 0.494. The molecule has 1 heterocycles. The third-order valence-corrected chi connectivity index (χ3v) is 2.93. The molecule has 0 N–H and O–H groups in total. The number of rotatable bonds is 8. The number of aldehydes is 1. The Hall–Kier alpha value is -1.25. The molecule has 100 valence electrons. The molecule has 0 aromatic carbocycles. The van der Waals surface area contributed by atoms with Gasteiger partial charge in [0, 0.05) is 6.20 Å². The Kier molecular flexibility index (Phi) is 6.55. The van der Waals surface area contributed by atoms with Crippen molar-refractivity contribution in [2.75, 3.05) is 0 Å². The summed E-state index contributed by atoms with van der Waals surface area (Å²) in [6.07, 6.45) is 9.27. The van der Waals surface area contributed by atoms with Crippen LogP contribution in [0.1, 0.15) is 68.3 Å². The van der Waals surface area contributed by atoms with Gasteiger partial charge in [0.15, 0.2) is 6.29 Å². The van der Waals surface area contributed by atoms with Gasteiger partial charge in [-0.2, -0.15) is 0 Å². The normalized spacial score (nSPS) is 10.9. The molecule has 0 unspecified atom stereocenters. The van der Waals surface area contributed by atoms with Crippen LogP contribution in [0.3, 0.4) is 0 Å². The third-order valence-electron chi connectivity index (χ3n) is 2.93. The summed E-state index contributed by atoms with van der Waals surface area (Å²) in [5.74, 6) is 0.494. The number of aryl methyl sites for hydroxylation is 1. The monoisotopic (exact) mass is 248 g/mol. The van der Waals surface area contributed by atoms with Crippen molar-refractivity contribution in [1.29, 1.82) is 0 Å². The number of carbonyl (C=O) groups excluding carboxylic acids is 1. The summed E-state index contributed by atoms with van der Waals surface area (Å²) in [4.78, 5) is 19.7. The zero-order valence-corrected chi connectivity index (χ0v) is 11.8. The van der Waals surface area contributed by atoms with Crippen molar-refractivity contribution in [2.45, 2.75) is 59.3 Å². The lowest BCUT2D eigenvalue weighted by atomic mass is 10.1. The van der Waals surface area contributed by atoms with Gasteiger partial charge in [-0.05, 0) is 25.2 Å². The lowest BCUT2D eigenvalue weighted by Crippen LogP contribution is -2.07. The van der Waals surface area contributed by atoms with Gasteiger partial charge in [-0.25, -0.2) is 4.98 Å². The molecule has 0 aliphatic heterocycles. The molecule has 0 amide bonds. The minimum atomic E-state index is 0.494. The zero-order chi connectivity index (χ0) is 13.4. The number of carbonyl (C=O) groups is 1. The van der Waals surface area contributed by atoms with E-state index in [1.807, 2.05) is 0 Å². The first-order valence-corrected chi connectivity index (χ1v) is 6.97. The molecule has 0 bridgehead atoms. The van der Waals surface area contributed by atoms with Crippen molar-refractivity contribution in [1.82, 2.24) is 9.97 Å². The second-order valence-electron chi connectivity index (χ2n) is 5.22. The van der Waals surface area contributed by atoms with E-state index >= 15 is 0 Å². The summed E-state index contributed by atoms with van der Waals surface area (Å²) >= 11 is 0. The highest BCUT2D eigenvalue weighted by Gasteiger charge is 2.08. The molecule has 0 spiro atoms. The quantitative estimate of drug-likeness (QED) is 0.521. The number of nitrogens with zero attached hydrogens (tertiary/aromatic N) is 2. The zero-order valence-electron chi connectivity index (χ0n) is 11.8. The second kappa shape index (κ2) is 7.96. The average molecular weight is 248 g/mol. The SMILES string of the molecule is CCCCCCc1cnc(C=O)c(CC(C)C)n1. The molecule has 3 heteroatoms. The lowest BCUT2D eigenvalue weighted by Gasteiger charge is -2.08. The van der Waals surface area contributed by atoms with Crippen LogP contribution in [-0.2, 0) is 12.8 Å². The molecule has 0 radical (unpaired) electrons. The van der Waals surface area contributed by atoms with Gasteiger partial charge < -0.3 is 0 Å². The van der Waals surface area contributed by atoms with Gasteiger partial charge in [0.25, 0.3) is 0 Å². The Labute approximate surface area is 110 Å². The molecule has 3 nitrogen and oxygen atoms in total. The van der Waals surface area contributed by atoms with Gasteiger partial charge >= 0.3 is 0 Å². The van der Waals surface area contributed by atoms with E-state index in [1.54, 1.807) is 6.20 Å². The van der Waals surface area contributed by atoms with Crippen LogP contribution < -0.4 is 0 Å². The number of unbranched alkanes of at least 4 members (excludes halogenated alkanes) is 3. The van der Waals surface area contributed by atoms with E-state index in [9.17, 15) is 4.79 Å². The highest BCUT2D eigenvalue weighted by molar-refractivity contribution is 5.73. The highest BCUT2D eigenvalue weighted by atomic mass is 16.1. The Bertz CT molecular complexity index is 375. The number of hydrogen-bond acceptors (Lipinski definition) is 3. The number of aromatic nitrogens is 2. The van der Waals surface area contributed by atoms with Crippen LogP contribution in [0, 0.1) is 5.92 Å². The largest absolute Gasteiger partial charge is 0.296 e. The molecule has 1 rings (SSSR count). The van der Waals surface area contributed by atoms with Crippen LogP contribution in [0.15, 0.2) is 6.20 Å². The predicted octanol–water partition coefficient (Wildman–Crippen LogP) is 3.61. The maximum Gasteiger partial charge on any atom is 0.170 e. The van der Waals surface area contributed by atoms with Crippen molar-refractivity contribution in [3.63, 3.8) is 0 Å². The van der Waals surface area contributed by atoms with Gasteiger partial charge in [0.2, 0.25) is 0 Å². The summed E-state index contributed by atoms with van der Waals surface area (Å²) in [5.41, 5.74) is 2.38. The topological polar surface area (TPSA) is 42.9 Å². The average Bonchev–Trinajstić information content (AvgIpc) is 2.34. The lowest BCUT2D eigenvalue weighted by molar-refractivity contribution is 0.111. The predicted molar refractivity (Wildman–Crippen MR) is 73.8 cm³/mol. The van der Waals surface area contributed by atoms with E-state index in [-0.39, 0.29) is 0 Å². The fourth-order valence-electron chi connectivity index (χ4n) is 1.97. The summed E-state index contributed by atoms with van der Waals surface area (Å²) in [5, 5.41) is 0. The van der Waals surface area contributed by atoms with Crippen LogP contribution >= 0.6 is 0 Å². The minimum Gasteiger partial charge on any atom is -0.296 e. The Morgan fingerprint density at radius 1 is 1.28 bits per heavy atom. The molecule has 0 aliphatic rings. The van der Waals surface area contributed by atoms with E-state index in [4.69, 9.17) is 0 Å². The first-order valence-electron chi connectivity index (χ1n) is 6.97. The maximum absolute atomic E-state index is 10.9. The number of hydrogen-bond donors (Lipinski definition) is 0. The Morgan fingerprint density at radius 2 is 2.06 bits per heavy atom. The molecule has 1 aromatic rings. The molecule has 0 fully saturated rings. The second-order valence-corrected chi connectivity index (χ2v) is 5.22. The van der Waals surface area contributed by atoms with Crippen molar-refractivity contribution < 1.29 is 4.79 Å². The molecule has 0 atom stereocenters. The van der Waals surface area contributed by atoms with Crippen LogP contribution in [0.4, 0.5) is 0 Å². The fraction of sp³-hybridized carbons (Fsp3) is 0.667.